The van der Waals surface area contributed by atoms with Crippen LogP contribution < -0.4 is 16.0 Å². The predicted molar refractivity (Wildman–Crippen MR) is 104 cm³/mol. The number of carboxylic acids is 1. The molecule has 0 aliphatic carbocycles. The number of carbonyl (C=O) groups is 1. The molecular formula is C19H20N2O5S. The molecule has 7 nitrogen and oxygen atoms in total. The Morgan fingerprint density at radius 3 is 2.67 bits per heavy atom. The fourth-order valence-electron chi connectivity index (χ4n) is 2.78. The minimum absolute atomic E-state index is 0.187. The highest BCUT2D eigenvalue weighted by molar-refractivity contribution is 7.18. The summed E-state index contributed by atoms with van der Waals surface area (Å²) >= 11 is 1.45. The minimum atomic E-state index is -0.994. The van der Waals surface area contributed by atoms with Gasteiger partial charge in [0.25, 0.3) is 5.56 Å². The molecule has 0 aliphatic heterocycles. The molecular weight excluding hydrogens is 368 g/mol. The summed E-state index contributed by atoms with van der Waals surface area (Å²) in [6, 6.07) is 7.94. The number of nitrogens with one attached hydrogen (secondary N) is 1. The summed E-state index contributed by atoms with van der Waals surface area (Å²) in [4.78, 5) is 40.1. The summed E-state index contributed by atoms with van der Waals surface area (Å²) in [5.41, 5.74) is -0.506. The van der Waals surface area contributed by atoms with Crippen molar-refractivity contribution in [1.29, 1.82) is 0 Å². The van der Waals surface area contributed by atoms with Crippen LogP contribution >= 0.6 is 11.3 Å². The van der Waals surface area contributed by atoms with E-state index in [1.54, 1.807) is 12.1 Å². The number of aromatic nitrogens is 2. The highest BCUT2D eigenvalue weighted by Crippen LogP contribution is 2.21. The Balaban J connectivity index is 1.65. The van der Waals surface area contributed by atoms with Crippen LogP contribution in [0.5, 0.6) is 5.75 Å². The number of aryl methyl sites for hydroxylation is 1. The average Bonchev–Trinajstić information content (AvgIpc) is 3.04. The molecule has 0 saturated carbocycles. The average molecular weight is 388 g/mol. The second-order valence-electron chi connectivity index (χ2n) is 6.12. The van der Waals surface area contributed by atoms with E-state index >= 15 is 0 Å². The molecule has 2 N–H and O–H groups in total. The van der Waals surface area contributed by atoms with Crippen LogP contribution in [0.3, 0.4) is 0 Å². The largest absolute Gasteiger partial charge is 0.494 e. The lowest BCUT2D eigenvalue weighted by Gasteiger charge is -2.07. The second kappa shape index (κ2) is 8.22. The lowest BCUT2D eigenvalue weighted by Crippen LogP contribution is -2.35. The molecule has 0 atom stereocenters. The van der Waals surface area contributed by atoms with E-state index in [0.29, 0.717) is 29.0 Å². The molecule has 0 spiro atoms. The molecule has 8 heteroatoms. The fourth-order valence-corrected chi connectivity index (χ4v) is 3.91. The van der Waals surface area contributed by atoms with Gasteiger partial charge in [-0.2, -0.15) is 0 Å². The van der Waals surface area contributed by atoms with E-state index in [-0.39, 0.29) is 17.7 Å². The quantitative estimate of drug-likeness (QED) is 0.578. The number of nitrogens with zero attached hydrogens (tertiary/aromatic N) is 1. The summed E-state index contributed by atoms with van der Waals surface area (Å²) in [7, 11) is 0. The predicted octanol–water partition coefficient (Wildman–Crippen LogP) is 2.87. The zero-order valence-electron chi connectivity index (χ0n) is 14.9. The number of H-pyrrole nitrogens is 1. The van der Waals surface area contributed by atoms with Gasteiger partial charge in [0.1, 0.15) is 10.6 Å². The molecule has 0 aliphatic rings. The molecule has 0 amide bonds. The fraction of sp³-hybridized carbons (Fsp3) is 0.316. The third-order valence-corrected chi connectivity index (χ3v) is 5.23. The number of ether oxygens (including phenoxy) is 1. The van der Waals surface area contributed by atoms with Gasteiger partial charge in [0.2, 0.25) is 0 Å². The van der Waals surface area contributed by atoms with Gasteiger partial charge >= 0.3 is 11.7 Å². The van der Waals surface area contributed by atoms with E-state index in [9.17, 15) is 14.4 Å². The van der Waals surface area contributed by atoms with Crippen molar-refractivity contribution >= 4 is 27.5 Å². The number of rotatable bonds is 8. The summed E-state index contributed by atoms with van der Waals surface area (Å²) < 4.78 is 6.74. The Labute approximate surface area is 158 Å². The van der Waals surface area contributed by atoms with Crippen LogP contribution in [-0.4, -0.2) is 27.2 Å². The van der Waals surface area contributed by atoms with Gasteiger partial charge in [-0.25, -0.2) is 9.59 Å². The number of thiophene rings is 1. The molecule has 2 heterocycles. The molecule has 0 saturated heterocycles. The molecule has 3 rings (SSSR count). The number of carboxylic acid groups (broad SMARTS) is 1. The van der Waals surface area contributed by atoms with Crippen molar-refractivity contribution in [2.45, 2.75) is 32.7 Å². The Hall–Kier alpha value is -2.87. The van der Waals surface area contributed by atoms with E-state index in [0.717, 1.165) is 17.7 Å². The lowest BCUT2D eigenvalue weighted by atomic mass is 10.2. The molecule has 1 aromatic carbocycles. The highest BCUT2D eigenvalue weighted by Gasteiger charge is 2.11. The Kier molecular flexibility index (Phi) is 5.75. The van der Waals surface area contributed by atoms with Crippen LogP contribution in [0.2, 0.25) is 0 Å². The number of benzene rings is 1. The van der Waals surface area contributed by atoms with Crippen LogP contribution in [0.4, 0.5) is 0 Å². The maximum absolute atomic E-state index is 12.6. The van der Waals surface area contributed by atoms with E-state index in [4.69, 9.17) is 9.84 Å². The van der Waals surface area contributed by atoms with E-state index in [1.807, 2.05) is 6.07 Å². The van der Waals surface area contributed by atoms with Crippen LogP contribution in [0.1, 0.15) is 35.0 Å². The third-order valence-electron chi connectivity index (χ3n) is 4.12. The minimum Gasteiger partial charge on any atom is -0.494 e. The third kappa shape index (κ3) is 4.28. The zero-order chi connectivity index (χ0) is 19.4. The van der Waals surface area contributed by atoms with E-state index < -0.39 is 11.7 Å². The number of hydrogen-bond donors (Lipinski definition) is 2. The zero-order valence-corrected chi connectivity index (χ0v) is 15.7. The number of fused-ring (bicyclic) bond motifs is 1. The Bertz CT molecular complexity index is 1060. The van der Waals surface area contributed by atoms with Gasteiger partial charge in [-0.05, 0) is 43.2 Å². The maximum Gasteiger partial charge on any atom is 0.335 e. The topological polar surface area (TPSA) is 101 Å². The van der Waals surface area contributed by atoms with Crippen LogP contribution in [0.15, 0.2) is 39.9 Å². The molecule has 3 aromatic rings. The maximum atomic E-state index is 12.6. The van der Waals surface area contributed by atoms with E-state index in [2.05, 4.69) is 11.9 Å². The van der Waals surface area contributed by atoms with Crippen molar-refractivity contribution in [3.05, 3.63) is 61.6 Å². The molecule has 142 valence electrons. The summed E-state index contributed by atoms with van der Waals surface area (Å²) in [5.74, 6) is -0.454. The second-order valence-corrected chi connectivity index (χ2v) is 7.26. The SMILES string of the molecule is CCCc1cc2c(=O)n(CCCOc3ccc(C(=O)O)cc3)c(=O)[nH]c2s1. The lowest BCUT2D eigenvalue weighted by molar-refractivity contribution is 0.0697. The number of hydrogen-bond acceptors (Lipinski definition) is 5. The van der Waals surface area contributed by atoms with Crippen molar-refractivity contribution in [2.24, 2.45) is 0 Å². The highest BCUT2D eigenvalue weighted by atomic mass is 32.1. The molecule has 0 unspecified atom stereocenters. The van der Waals surface area contributed by atoms with Crippen molar-refractivity contribution in [1.82, 2.24) is 9.55 Å². The van der Waals surface area contributed by atoms with Crippen molar-refractivity contribution in [3.63, 3.8) is 0 Å². The first-order valence-electron chi connectivity index (χ1n) is 8.71. The molecule has 0 bridgehead atoms. The molecule has 2 aromatic heterocycles. The summed E-state index contributed by atoms with van der Waals surface area (Å²) in [6.07, 6.45) is 2.34. The summed E-state index contributed by atoms with van der Waals surface area (Å²) in [5, 5.41) is 9.42. The monoisotopic (exact) mass is 388 g/mol. The van der Waals surface area contributed by atoms with Crippen LogP contribution in [0.25, 0.3) is 10.2 Å². The van der Waals surface area contributed by atoms with Gasteiger partial charge in [-0.3, -0.25) is 14.3 Å². The smallest absolute Gasteiger partial charge is 0.335 e. The van der Waals surface area contributed by atoms with Gasteiger partial charge in [0.05, 0.1) is 17.6 Å². The number of aromatic amines is 1. The van der Waals surface area contributed by atoms with E-state index in [1.165, 1.54) is 28.0 Å². The summed E-state index contributed by atoms with van der Waals surface area (Å²) in [6.45, 7) is 2.62. The van der Waals surface area contributed by atoms with Gasteiger partial charge < -0.3 is 9.84 Å². The first-order chi connectivity index (χ1) is 13.0. The number of aromatic carboxylic acids is 1. The first kappa shape index (κ1) is 18.9. The van der Waals surface area contributed by atoms with Crippen molar-refractivity contribution in [3.8, 4) is 5.75 Å². The standard InChI is InChI=1S/C19H20N2O5S/c1-2-4-14-11-15-16(27-14)20-19(25)21(17(15)22)9-3-10-26-13-7-5-12(6-8-13)18(23)24/h5-8,11H,2-4,9-10H2,1H3,(H,20,25)(H,23,24). The van der Waals surface area contributed by atoms with Crippen molar-refractivity contribution < 1.29 is 14.6 Å². The van der Waals surface area contributed by atoms with Gasteiger partial charge in [0.15, 0.2) is 0 Å². The van der Waals surface area contributed by atoms with Gasteiger partial charge in [-0.15, -0.1) is 11.3 Å². The molecule has 27 heavy (non-hydrogen) atoms. The normalized spacial score (nSPS) is 11.0. The van der Waals surface area contributed by atoms with Crippen LogP contribution in [-0.2, 0) is 13.0 Å². The molecule has 0 fully saturated rings. The van der Waals surface area contributed by atoms with Crippen LogP contribution in [0, 0.1) is 0 Å². The first-order valence-corrected chi connectivity index (χ1v) is 9.53. The van der Waals surface area contributed by atoms with Gasteiger partial charge in [0, 0.05) is 11.4 Å². The molecule has 0 radical (unpaired) electrons. The van der Waals surface area contributed by atoms with Crippen molar-refractivity contribution in [2.75, 3.05) is 6.61 Å². The van der Waals surface area contributed by atoms with Gasteiger partial charge in [-0.1, -0.05) is 13.3 Å². The Morgan fingerprint density at radius 2 is 2.00 bits per heavy atom. The Morgan fingerprint density at radius 1 is 1.26 bits per heavy atom.